The summed E-state index contributed by atoms with van der Waals surface area (Å²) in [7, 11) is 0. The minimum absolute atomic E-state index is 0.557. The zero-order chi connectivity index (χ0) is 36.3. The van der Waals surface area contributed by atoms with Crippen molar-refractivity contribution in [2.45, 2.75) is 0 Å². The maximum absolute atomic E-state index is 6.38. The lowest BCUT2D eigenvalue weighted by atomic mass is 10.0. The van der Waals surface area contributed by atoms with Gasteiger partial charge < -0.3 is 4.42 Å². The van der Waals surface area contributed by atoms with Crippen LogP contribution in [0.5, 0.6) is 0 Å². The normalized spacial score (nSPS) is 11.6. The zero-order valence-corrected chi connectivity index (χ0v) is 30.7. The highest BCUT2D eigenvalue weighted by Gasteiger charge is 2.18. The number of fused-ring (bicyclic) bond motifs is 5. The molecule has 7 aromatic carbocycles. The topological polar surface area (TPSA) is 77.6 Å². The van der Waals surface area contributed by atoms with E-state index in [4.69, 9.17) is 29.3 Å². The lowest BCUT2D eigenvalue weighted by Gasteiger charge is -2.08. The third-order valence-corrected chi connectivity index (χ3v) is 12.2. The highest BCUT2D eigenvalue weighted by atomic mass is 32.1. The minimum Gasteiger partial charge on any atom is -0.436 e. The second kappa shape index (κ2) is 12.9. The zero-order valence-electron chi connectivity index (χ0n) is 29.0. The van der Waals surface area contributed by atoms with Gasteiger partial charge in [-0.3, -0.25) is 0 Å². The predicted molar refractivity (Wildman–Crippen MR) is 226 cm³/mol. The number of hydrogen-bond acceptors (Lipinski definition) is 8. The first-order valence-corrected chi connectivity index (χ1v) is 19.5. The van der Waals surface area contributed by atoms with E-state index >= 15 is 0 Å². The number of benzene rings is 7. The summed E-state index contributed by atoms with van der Waals surface area (Å²) >= 11 is 3.57. The Morgan fingerprint density at radius 1 is 0.382 bits per heavy atom. The number of rotatable bonds is 6. The molecule has 4 aromatic heterocycles. The van der Waals surface area contributed by atoms with Crippen LogP contribution in [0.3, 0.4) is 0 Å². The molecule has 0 radical (unpaired) electrons. The second-order valence-corrected chi connectivity index (χ2v) is 15.3. The van der Waals surface area contributed by atoms with Gasteiger partial charge in [-0.25, -0.2) is 24.9 Å². The monoisotopic (exact) mass is 741 g/mol. The fraction of sp³-hybridized carbons (Fsp3) is 0. The maximum Gasteiger partial charge on any atom is 0.227 e. The summed E-state index contributed by atoms with van der Waals surface area (Å²) < 4.78 is 10.1. The fourth-order valence-electron chi connectivity index (χ4n) is 7.15. The molecule has 0 N–H and O–H groups in total. The molecule has 0 aliphatic rings. The molecule has 0 amide bonds. The number of hydrogen-bond donors (Lipinski definition) is 0. The third-order valence-electron chi connectivity index (χ3n) is 9.81. The second-order valence-electron chi connectivity index (χ2n) is 13.3. The van der Waals surface area contributed by atoms with Gasteiger partial charge in [0.2, 0.25) is 5.89 Å². The van der Waals surface area contributed by atoms with Gasteiger partial charge in [0.1, 0.15) is 10.5 Å². The molecular weight excluding hydrogens is 715 g/mol. The predicted octanol–water partition coefficient (Wildman–Crippen LogP) is 13.0. The van der Waals surface area contributed by atoms with Gasteiger partial charge in [0.25, 0.3) is 0 Å². The molecule has 0 bridgehead atoms. The standard InChI is InChI=1S/C47H27N5OS2/c1-3-12-28(13-4-1)43-50-44(29-14-5-2-6-15-29)52-45(51-43)31-24-25-39-38(27-31)48-46(53-39)32-17-9-16-30(26-32)33-18-10-19-34-35-20-11-21-36(42(35)55-41(33)34)47-49-37-22-7-8-23-40(37)54-47/h1-27H. The van der Waals surface area contributed by atoms with E-state index in [1.54, 1.807) is 11.3 Å². The molecule has 258 valence electrons. The minimum atomic E-state index is 0.557. The van der Waals surface area contributed by atoms with Crippen molar-refractivity contribution in [2.24, 2.45) is 0 Å². The Morgan fingerprint density at radius 3 is 1.71 bits per heavy atom. The SMILES string of the molecule is c1ccc(-c2nc(-c3ccccc3)nc(-c3ccc4oc(-c5cccc(-c6cccc7c6sc6c(-c8nc9ccccc9s8)cccc67)c5)nc4c3)n2)cc1. The molecule has 0 unspecified atom stereocenters. The smallest absolute Gasteiger partial charge is 0.227 e. The first-order valence-electron chi connectivity index (χ1n) is 17.9. The summed E-state index contributed by atoms with van der Waals surface area (Å²) in [6.07, 6.45) is 0. The van der Waals surface area contributed by atoms with Gasteiger partial charge in [-0.2, -0.15) is 0 Å². The lowest BCUT2D eigenvalue weighted by Crippen LogP contribution is -2.00. The molecule has 0 aliphatic heterocycles. The Bertz CT molecular complexity index is 3130. The Balaban J connectivity index is 0.975. The van der Waals surface area contributed by atoms with Crippen molar-refractivity contribution < 1.29 is 4.42 Å². The van der Waals surface area contributed by atoms with E-state index < -0.39 is 0 Å². The Labute approximate surface area is 323 Å². The Hall–Kier alpha value is -6.87. The van der Waals surface area contributed by atoms with Crippen molar-refractivity contribution in [1.29, 1.82) is 0 Å². The quantitative estimate of drug-likeness (QED) is 0.169. The molecule has 6 nitrogen and oxygen atoms in total. The van der Waals surface area contributed by atoms with Gasteiger partial charge in [-0.1, -0.05) is 121 Å². The Morgan fingerprint density at radius 2 is 0.982 bits per heavy atom. The van der Waals surface area contributed by atoms with Crippen molar-refractivity contribution in [3.05, 3.63) is 164 Å². The summed E-state index contributed by atoms with van der Waals surface area (Å²) in [5, 5.41) is 3.53. The van der Waals surface area contributed by atoms with Crippen LogP contribution < -0.4 is 0 Å². The summed E-state index contributed by atoms with van der Waals surface area (Å²) in [5.74, 6) is 2.36. The van der Waals surface area contributed by atoms with Gasteiger partial charge in [0.05, 0.1) is 10.2 Å². The van der Waals surface area contributed by atoms with E-state index in [0.717, 1.165) is 43.9 Å². The average Bonchev–Trinajstić information content (AvgIpc) is 3.99. The van der Waals surface area contributed by atoms with Gasteiger partial charge in [0, 0.05) is 48.0 Å². The molecule has 0 atom stereocenters. The van der Waals surface area contributed by atoms with Crippen LogP contribution in [0.15, 0.2) is 168 Å². The highest BCUT2D eigenvalue weighted by molar-refractivity contribution is 7.27. The largest absolute Gasteiger partial charge is 0.436 e. The molecule has 11 rings (SSSR count). The summed E-state index contributed by atoms with van der Waals surface area (Å²) in [6.45, 7) is 0. The summed E-state index contributed by atoms with van der Waals surface area (Å²) in [5.41, 5.74) is 9.50. The van der Waals surface area contributed by atoms with Crippen LogP contribution >= 0.6 is 22.7 Å². The molecule has 4 heterocycles. The van der Waals surface area contributed by atoms with Crippen molar-refractivity contribution in [3.8, 4) is 67.3 Å². The summed E-state index contributed by atoms with van der Waals surface area (Å²) in [4.78, 5) is 24.6. The van der Waals surface area contributed by atoms with Crippen molar-refractivity contribution in [2.75, 3.05) is 0 Å². The first kappa shape index (κ1) is 31.6. The molecule has 0 spiro atoms. The van der Waals surface area contributed by atoms with Crippen LogP contribution in [-0.2, 0) is 0 Å². The fourth-order valence-corrected chi connectivity index (χ4v) is 9.56. The van der Waals surface area contributed by atoms with Crippen molar-refractivity contribution >= 4 is 64.2 Å². The van der Waals surface area contributed by atoms with Crippen LogP contribution in [0.4, 0.5) is 0 Å². The molecule has 11 aromatic rings. The molecule has 55 heavy (non-hydrogen) atoms. The van der Waals surface area contributed by atoms with E-state index in [9.17, 15) is 0 Å². The van der Waals surface area contributed by atoms with Gasteiger partial charge in [-0.05, 0) is 53.6 Å². The lowest BCUT2D eigenvalue weighted by molar-refractivity contribution is 0.620. The van der Waals surface area contributed by atoms with E-state index in [2.05, 4.69) is 78.9 Å². The van der Waals surface area contributed by atoms with Crippen LogP contribution in [0.2, 0.25) is 0 Å². The van der Waals surface area contributed by atoms with Gasteiger partial charge in [-0.15, -0.1) is 22.7 Å². The molecule has 0 saturated heterocycles. The summed E-state index contributed by atoms with van der Waals surface area (Å²) in [6, 6.07) is 55.8. The van der Waals surface area contributed by atoms with E-state index in [-0.39, 0.29) is 0 Å². The van der Waals surface area contributed by atoms with Gasteiger partial charge >= 0.3 is 0 Å². The van der Waals surface area contributed by atoms with Crippen LogP contribution in [0, 0.1) is 0 Å². The van der Waals surface area contributed by atoms with E-state index in [0.29, 0.717) is 28.9 Å². The highest BCUT2D eigenvalue weighted by Crippen LogP contribution is 2.45. The first-order chi connectivity index (χ1) is 27.2. The van der Waals surface area contributed by atoms with Crippen LogP contribution in [0.1, 0.15) is 0 Å². The number of thiazole rings is 1. The molecule has 0 fully saturated rings. The third kappa shape index (κ3) is 5.58. The number of thiophene rings is 1. The molecule has 0 saturated carbocycles. The van der Waals surface area contributed by atoms with Crippen molar-refractivity contribution in [3.63, 3.8) is 0 Å². The average molecular weight is 742 g/mol. The number of aromatic nitrogens is 5. The Kier molecular flexibility index (Phi) is 7.43. The number of nitrogens with zero attached hydrogens (tertiary/aromatic N) is 5. The molecular formula is C47H27N5OS2. The van der Waals surface area contributed by atoms with E-state index in [1.165, 1.54) is 36.0 Å². The molecule has 8 heteroatoms. The van der Waals surface area contributed by atoms with Crippen LogP contribution in [-0.4, -0.2) is 24.9 Å². The van der Waals surface area contributed by atoms with Crippen LogP contribution in [0.25, 0.3) is 109 Å². The maximum atomic E-state index is 6.38. The van der Waals surface area contributed by atoms with Crippen molar-refractivity contribution in [1.82, 2.24) is 24.9 Å². The van der Waals surface area contributed by atoms with Gasteiger partial charge in [0.15, 0.2) is 23.1 Å². The molecule has 0 aliphatic carbocycles. The number of para-hydroxylation sites is 1. The van der Waals surface area contributed by atoms with E-state index in [1.807, 2.05) is 96.3 Å². The number of oxazole rings is 1.